The van der Waals surface area contributed by atoms with Crippen LogP contribution in [0.15, 0.2) is 79.0 Å². The van der Waals surface area contributed by atoms with E-state index >= 15 is 0 Å². The summed E-state index contributed by atoms with van der Waals surface area (Å²) in [5, 5.41) is 6.69. The average Bonchev–Trinajstić information content (AvgIpc) is 3.39. The van der Waals surface area contributed by atoms with Gasteiger partial charge in [0.25, 0.3) is 0 Å². The Morgan fingerprint density at radius 3 is 2.58 bits per heavy atom. The number of carbonyl (C=O) groups excluding carboxylic acids is 1. The fraction of sp³-hybridized carbons (Fsp3) is 0.233. The second kappa shape index (κ2) is 10.8. The standard InChI is InChI=1S/C30H30FN5OS/c1-19-9-8-10-22(17-19)36-20(2)18-23(21(36)3)29-28(26-13-6-7-15-32-26)34-30(38)35(29)16-14-27(37)33-25-12-5-4-11-24(25)31/h4-13,15,17-18,28-29H,14,16H2,1-3H3,(H,33,37)(H,34,38)/t28-,29+/m1/s1. The van der Waals surface area contributed by atoms with Gasteiger partial charge in [0.05, 0.1) is 23.5 Å². The molecule has 194 valence electrons. The van der Waals surface area contributed by atoms with Gasteiger partial charge in [0.1, 0.15) is 5.82 Å². The highest BCUT2D eigenvalue weighted by Crippen LogP contribution is 2.41. The lowest BCUT2D eigenvalue weighted by atomic mass is 9.96. The Labute approximate surface area is 227 Å². The van der Waals surface area contributed by atoms with Gasteiger partial charge in [-0.05, 0) is 86.6 Å². The van der Waals surface area contributed by atoms with E-state index in [1.54, 1.807) is 24.4 Å². The van der Waals surface area contributed by atoms with Crippen molar-refractivity contribution < 1.29 is 9.18 Å². The van der Waals surface area contributed by atoms with Crippen LogP contribution in [-0.4, -0.2) is 32.0 Å². The van der Waals surface area contributed by atoms with Gasteiger partial charge in [-0.3, -0.25) is 9.78 Å². The van der Waals surface area contributed by atoms with Crippen molar-refractivity contribution in [1.29, 1.82) is 0 Å². The molecule has 2 aromatic carbocycles. The summed E-state index contributed by atoms with van der Waals surface area (Å²) in [7, 11) is 0. The fourth-order valence-corrected chi connectivity index (χ4v) is 5.57. The van der Waals surface area contributed by atoms with Crippen LogP contribution in [0.4, 0.5) is 10.1 Å². The Kier molecular flexibility index (Phi) is 7.24. The molecule has 2 aromatic heterocycles. The summed E-state index contributed by atoms with van der Waals surface area (Å²) in [4.78, 5) is 19.5. The molecular formula is C30H30FN5OS. The normalized spacial score (nSPS) is 16.9. The number of benzene rings is 2. The third-order valence-electron chi connectivity index (χ3n) is 6.97. The van der Waals surface area contributed by atoms with Gasteiger partial charge in [-0.2, -0.15) is 0 Å². The topological polar surface area (TPSA) is 62.2 Å². The third kappa shape index (κ3) is 5.04. The van der Waals surface area contributed by atoms with Crippen LogP contribution in [0.2, 0.25) is 0 Å². The molecule has 0 saturated carbocycles. The quantitative estimate of drug-likeness (QED) is 0.292. The van der Waals surface area contributed by atoms with Gasteiger partial charge in [-0.25, -0.2) is 4.39 Å². The first-order chi connectivity index (χ1) is 18.3. The molecule has 1 amide bonds. The summed E-state index contributed by atoms with van der Waals surface area (Å²) in [5.41, 5.74) is 6.66. The number of aryl methyl sites for hydroxylation is 2. The smallest absolute Gasteiger partial charge is 0.226 e. The van der Waals surface area contributed by atoms with Crippen molar-refractivity contribution in [2.45, 2.75) is 39.3 Å². The third-order valence-corrected chi connectivity index (χ3v) is 7.33. The molecule has 0 spiro atoms. The lowest BCUT2D eigenvalue weighted by Crippen LogP contribution is -2.33. The number of nitrogens with one attached hydrogen (secondary N) is 2. The molecule has 3 heterocycles. The maximum absolute atomic E-state index is 14.1. The number of pyridine rings is 1. The number of hydrogen-bond acceptors (Lipinski definition) is 3. The highest BCUT2D eigenvalue weighted by Gasteiger charge is 2.41. The number of thiocarbonyl (C=S) groups is 1. The number of halogens is 1. The minimum Gasteiger partial charge on any atom is -0.352 e. The average molecular weight is 528 g/mol. The molecule has 0 radical (unpaired) electrons. The molecule has 1 aliphatic heterocycles. The second-order valence-electron chi connectivity index (χ2n) is 9.60. The summed E-state index contributed by atoms with van der Waals surface area (Å²) >= 11 is 5.78. The van der Waals surface area contributed by atoms with E-state index in [-0.39, 0.29) is 30.1 Å². The highest BCUT2D eigenvalue weighted by molar-refractivity contribution is 7.80. The van der Waals surface area contributed by atoms with E-state index in [2.05, 4.69) is 76.2 Å². The first kappa shape index (κ1) is 25.6. The predicted octanol–water partition coefficient (Wildman–Crippen LogP) is 5.94. The van der Waals surface area contributed by atoms with Gasteiger partial charge in [0.2, 0.25) is 5.91 Å². The molecule has 1 fully saturated rings. The van der Waals surface area contributed by atoms with Gasteiger partial charge in [-0.1, -0.05) is 30.3 Å². The Balaban J connectivity index is 1.48. The van der Waals surface area contributed by atoms with Crippen LogP contribution in [0.5, 0.6) is 0 Å². The Bertz CT molecular complexity index is 1490. The molecular weight excluding hydrogens is 497 g/mol. The first-order valence-corrected chi connectivity index (χ1v) is 13.0. The summed E-state index contributed by atoms with van der Waals surface area (Å²) in [5.74, 6) is -0.737. The number of nitrogens with zero attached hydrogens (tertiary/aromatic N) is 3. The number of rotatable bonds is 7. The lowest BCUT2D eigenvalue weighted by Gasteiger charge is -2.28. The molecule has 0 unspecified atom stereocenters. The number of para-hydroxylation sites is 1. The van der Waals surface area contributed by atoms with Crippen LogP contribution in [0.25, 0.3) is 5.69 Å². The molecule has 2 atom stereocenters. The summed E-state index contributed by atoms with van der Waals surface area (Å²) in [6, 6.07) is 22.3. The number of carbonyl (C=O) groups is 1. The molecule has 4 aromatic rings. The Morgan fingerprint density at radius 1 is 1.05 bits per heavy atom. The summed E-state index contributed by atoms with van der Waals surface area (Å²) < 4.78 is 16.3. The number of amides is 1. The van der Waals surface area contributed by atoms with Crippen molar-refractivity contribution in [3.63, 3.8) is 0 Å². The van der Waals surface area contributed by atoms with Crippen LogP contribution in [0.3, 0.4) is 0 Å². The lowest BCUT2D eigenvalue weighted by molar-refractivity contribution is -0.116. The van der Waals surface area contributed by atoms with E-state index in [4.69, 9.17) is 12.2 Å². The highest BCUT2D eigenvalue weighted by atomic mass is 32.1. The van der Waals surface area contributed by atoms with E-state index in [0.717, 1.165) is 28.3 Å². The molecule has 1 aliphatic rings. The van der Waals surface area contributed by atoms with E-state index in [9.17, 15) is 9.18 Å². The van der Waals surface area contributed by atoms with Gasteiger partial charge in [-0.15, -0.1) is 0 Å². The molecule has 2 N–H and O–H groups in total. The monoisotopic (exact) mass is 527 g/mol. The molecule has 0 aliphatic carbocycles. The largest absolute Gasteiger partial charge is 0.352 e. The maximum Gasteiger partial charge on any atom is 0.226 e. The number of anilines is 1. The Hall–Kier alpha value is -4.04. The van der Waals surface area contributed by atoms with E-state index in [1.165, 1.54) is 11.6 Å². The minimum absolute atomic E-state index is 0.151. The molecule has 8 heteroatoms. The number of aromatic nitrogens is 2. The molecule has 0 bridgehead atoms. The van der Waals surface area contributed by atoms with Crippen molar-refractivity contribution >= 4 is 28.9 Å². The number of hydrogen-bond donors (Lipinski definition) is 2. The molecule has 5 rings (SSSR count). The zero-order valence-corrected chi connectivity index (χ0v) is 22.4. The van der Waals surface area contributed by atoms with E-state index in [1.807, 2.05) is 18.2 Å². The zero-order chi connectivity index (χ0) is 26.8. The van der Waals surface area contributed by atoms with Crippen LogP contribution >= 0.6 is 12.2 Å². The van der Waals surface area contributed by atoms with Crippen molar-refractivity contribution in [1.82, 2.24) is 19.8 Å². The molecule has 38 heavy (non-hydrogen) atoms. The van der Waals surface area contributed by atoms with Crippen LogP contribution in [0.1, 0.15) is 46.7 Å². The van der Waals surface area contributed by atoms with Crippen molar-refractivity contribution in [2.24, 2.45) is 0 Å². The van der Waals surface area contributed by atoms with Gasteiger partial charge < -0.3 is 20.1 Å². The minimum atomic E-state index is -0.462. The van der Waals surface area contributed by atoms with Crippen molar-refractivity contribution in [2.75, 3.05) is 11.9 Å². The SMILES string of the molecule is Cc1cccc(-n2c(C)cc([C@H]3[C@@H](c4ccccn4)NC(=S)N3CCC(=O)Nc3ccccc3F)c2C)c1. The van der Waals surface area contributed by atoms with Crippen molar-refractivity contribution in [3.8, 4) is 5.69 Å². The van der Waals surface area contributed by atoms with Crippen LogP contribution in [0, 0.1) is 26.6 Å². The second-order valence-corrected chi connectivity index (χ2v) is 9.99. The summed E-state index contributed by atoms with van der Waals surface area (Å²) in [6.45, 7) is 6.67. The van der Waals surface area contributed by atoms with Gasteiger partial charge in [0.15, 0.2) is 5.11 Å². The van der Waals surface area contributed by atoms with Crippen LogP contribution < -0.4 is 10.6 Å². The molecule has 6 nitrogen and oxygen atoms in total. The molecule has 1 saturated heterocycles. The summed E-state index contributed by atoms with van der Waals surface area (Å²) in [6.07, 6.45) is 1.93. The van der Waals surface area contributed by atoms with E-state index in [0.29, 0.717) is 11.7 Å². The van der Waals surface area contributed by atoms with Gasteiger partial charge >= 0.3 is 0 Å². The first-order valence-electron chi connectivity index (χ1n) is 12.6. The van der Waals surface area contributed by atoms with Gasteiger partial charge in [0, 0.05) is 36.2 Å². The van der Waals surface area contributed by atoms with E-state index < -0.39 is 5.82 Å². The van der Waals surface area contributed by atoms with Crippen molar-refractivity contribution in [3.05, 3.63) is 113 Å². The maximum atomic E-state index is 14.1. The fourth-order valence-electron chi connectivity index (χ4n) is 5.23. The predicted molar refractivity (Wildman–Crippen MR) is 152 cm³/mol. The Morgan fingerprint density at radius 2 is 1.84 bits per heavy atom. The van der Waals surface area contributed by atoms with Crippen LogP contribution in [-0.2, 0) is 4.79 Å². The zero-order valence-electron chi connectivity index (χ0n) is 21.6.